The Balaban J connectivity index is 1.58. The van der Waals surface area contributed by atoms with E-state index in [4.69, 9.17) is 26.1 Å². The Bertz CT molecular complexity index is 1490. The van der Waals surface area contributed by atoms with Crippen molar-refractivity contribution >= 4 is 35.0 Å². The quantitative estimate of drug-likeness (QED) is 0.0856. The van der Waals surface area contributed by atoms with Crippen LogP contribution in [-0.4, -0.2) is 46.9 Å². The first kappa shape index (κ1) is 29.0. The first-order valence-electron chi connectivity index (χ1n) is 12.6. The molecule has 0 unspecified atom stereocenters. The van der Waals surface area contributed by atoms with Gasteiger partial charge in [-0.05, 0) is 61.0 Å². The first-order valence-corrected chi connectivity index (χ1v) is 14.0. The van der Waals surface area contributed by atoms with E-state index in [0.717, 1.165) is 52.1 Å². The third-order valence-corrected chi connectivity index (χ3v) is 7.42. The Morgan fingerprint density at radius 3 is 2.20 bits per heavy atom. The van der Waals surface area contributed by atoms with Gasteiger partial charge in [0, 0.05) is 42.1 Å². The Hall–Kier alpha value is -4.02. The zero-order valence-electron chi connectivity index (χ0n) is 22.3. The number of nitrogens with zero attached hydrogens (tertiary/aromatic N) is 3. The van der Waals surface area contributed by atoms with Crippen molar-refractivity contribution in [2.45, 2.75) is 25.0 Å². The summed E-state index contributed by atoms with van der Waals surface area (Å²) in [7, 11) is 3.28. The number of nitro benzene ring substituents is 1. The van der Waals surface area contributed by atoms with E-state index < -0.39 is 10.8 Å². The van der Waals surface area contributed by atoms with Gasteiger partial charge in [0.15, 0.2) is 5.16 Å². The molecule has 0 spiro atoms. The van der Waals surface area contributed by atoms with Crippen molar-refractivity contribution in [2.75, 3.05) is 26.5 Å². The highest BCUT2D eigenvalue weighted by molar-refractivity contribution is 7.99. The average Bonchev–Trinajstić information content (AvgIpc) is 3.33. The molecule has 1 amide bonds. The highest BCUT2D eigenvalue weighted by Gasteiger charge is 2.21. The molecule has 208 valence electrons. The van der Waals surface area contributed by atoms with E-state index in [1.54, 1.807) is 14.2 Å². The van der Waals surface area contributed by atoms with Crippen LogP contribution < -0.4 is 14.8 Å². The molecule has 4 rings (SSSR count). The maximum Gasteiger partial charge on any atom is 0.270 e. The Labute approximate surface area is 241 Å². The van der Waals surface area contributed by atoms with Crippen molar-refractivity contribution in [2.24, 2.45) is 0 Å². The van der Waals surface area contributed by atoms with Crippen LogP contribution in [0.3, 0.4) is 0 Å². The van der Waals surface area contributed by atoms with Crippen LogP contribution in [0.1, 0.15) is 23.7 Å². The Kier molecular flexibility index (Phi) is 9.68. The number of nitrogens with one attached hydrogen (secondary N) is 1. The van der Waals surface area contributed by atoms with Gasteiger partial charge in [0.25, 0.3) is 11.6 Å². The van der Waals surface area contributed by atoms with Crippen LogP contribution in [-0.2, 0) is 6.54 Å². The molecule has 0 aliphatic heterocycles. The second kappa shape index (κ2) is 13.4. The number of hydrogen-bond acceptors (Lipinski definition) is 7. The van der Waals surface area contributed by atoms with Gasteiger partial charge in [0.05, 0.1) is 41.1 Å². The summed E-state index contributed by atoms with van der Waals surface area (Å²) in [4.78, 5) is 28.1. The van der Waals surface area contributed by atoms with Gasteiger partial charge in [0.1, 0.15) is 11.5 Å². The minimum atomic E-state index is -0.553. The molecule has 4 aromatic rings. The zero-order chi connectivity index (χ0) is 28.6. The molecule has 1 N–H and O–H groups in total. The van der Waals surface area contributed by atoms with Gasteiger partial charge in [-0.1, -0.05) is 30.3 Å². The van der Waals surface area contributed by atoms with E-state index in [9.17, 15) is 14.9 Å². The molecule has 1 heterocycles. The number of aromatic nitrogens is 2. The van der Waals surface area contributed by atoms with Crippen molar-refractivity contribution in [3.05, 3.63) is 87.4 Å². The normalized spacial score (nSPS) is 10.8. The predicted molar refractivity (Wildman–Crippen MR) is 158 cm³/mol. The lowest BCUT2D eigenvalue weighted by atomic mass is 10.0. The van der Waals surface area contributed by atoms with E-state index >= 15 is 0 Å². The van der Waals surface area contributed by atoms with Gasteiger partial charge in [0.2, 0.25) is 0 Å². The van der Waals surface area contributed by atoms with E-state index in [-0.39, 0.29) is 16.3 Å². The second-order valence-electron chi connectivity index (χ2n) is 8.73. The smallest absolute Gasteiger partial charge is 0.270 e. The second-order valence-corrected chi connectivity index (χ2v) is 10.2. The number of non-ortho nitro benzene ring substituents is 1. The minimum absolute atomic E-state index is 0.0334. The number of halogens is 1. The van der Waals surface area contributed by atoms with E-state index in [2.05, 4.69) is 16.8 Å². The molecule has 0 saturated heterocycles. The van der Waals surface area contributed by atoms with Gasteiger partial charge in [-0.25, -0.2) is 4.98 Å². The largest absolute Gasteiger partial charge is 0.497 e. The van der Waals surface area contributed by atoms with Crippen LogP contribution >= 0.6 is 23.4 Å². The SMILES string of the molecule is CCCn1c(SCCNC(=O)c2ccc([N+](=O)[O-])cc2Cl)nc(-c2ccc(OC)cc2)c1-c1ccc(OC)cc1. The standard InChI is InChI=1S/C29H29ClN4O5S/c1-4-16-33-27(20-7-12-23(39-3)13-8-20)26(19-5-10-22(38-2)11-6-19)32-29(33)40-17-15-31-28(35)24-14-9-21(34(36)37)18-25(24)30/h5-14,18H,4,15-17H2,1-3H3,(H,31,35). The van der Waals surface area contributed by atoms with Gasteiger partial charge in [-0.3, -0.25) is 14.9 Å². The summed E-state index contributed by atoms with van der Waals surface area (Å²) in [5.74, 6) is 1.70. The van der Waals surface area contributed by atoms with Crippen LogP contribution in [0.4, 0.5) is 5.69 Å². The molecular weight excluding hydrogens is 552 g/mol. The fraction of sp³-hybridized carbons (Fsp3) is 0.241. The summed E-state index contributed by atoms with van der Waals surface area (Å²) in [6.07, 6.45) is 0.907. The van der Waals surface area contributed by atoms with Gasteiger partial charge in [-0.2, -0.15) is 0 Å². The van der Waals surface area contributed by atoms with Crippen LogP contribution in [0.15, 0.2) is 71.9 Å². The molecule has 3 aromatic carbocycles. The Morgan fingerprint density at radius 1 is 1.02 bits per heavy atom. The summed E-state index contributed by atoms with van der Waals surface area (Å²) < 4.78 is 12.9. The summed E-state index contributed by atoms with van der Waals surface area (Å²) in [6.45, 7) is 3.23. The number of hydrogen-bond donors (Lipinski definition) is 1. The van der Waals surface area contributed by atoms with Gasteiger partial charge in [-0.15, -0.1) is 0 Å². The molecule has 11 heteroatoms. The molecule has 0 aliphatic carbocycles. The summed E-state index contributed by atoms with van der Waals surface area (Å²) in [5.41, 5.74) is 3.85. The average molecular weight is 581 g/mol. The maximum absolute atomic E-state index is 12.6. The molecule has 0 aliphatic rings. The lowest BCUT2D eigenvalue weighted by Crippen LogP contribution is -2.26. The number of thioether (sulfide) groups is 1. The number of nitro groups is 1. The first-order chi connectivity index (χ1) is 19.4. The van der Waals surface area contributed by atoms with Crippen molar-refractivity contribution in [1.82, 2.24) is 14.9 Å². The summed E-state index contributed by atoms with van der Waals surface area (Å²) in [5, 5.41) is 14.7. The van der Waals surface area contributed by atoms with Crippen LogP contribution in [0, 0.1) is 10.1 Å². The third kappa shape index (κ3) is 6.57. The Morgan fingerprint density at radius 2 is 1.65 bits per heavy atom. The predicted octanol–water partition coefficient (Wildman–Crippen LogP) is 6.73. The molecule has 0 atom stereocenters. The third-order valence-electron chi connectivity index (χ3n) is 6.13. The number of methoxy groups -OCH3 is 2. The number of carbonyl (C=O) groups excluding carboxylic acids is 1. The monoisotopic (exact) mass is 580 g/mol. The van der Waals surface area contributed by atoms with Crippen LogP contribution in [0.25, 0.3) is 22.5 Å². The fourth-order valence-corrected chi connectivity index (χ4v) is 5.31. The number of carbonyl (C=O) groups is 1. The molecule has 9 nitrogen and oxygen atoms in total. The maximum atomic E-state index is 12.6. The van der Waals surface area contributed by atoms with Crippen molar-refractivity contribution in [3.63, 3.8) is 0 Å². The lowest BCUT2D eigenvalue weighted by Gasteiger charge is -2.13. The van der Waals surface area contributed by atoms with Crippen molar-refractivity contribution in [3.8, 4) is 34.0 Å². The van der Waals surface area contributed by atoms with E-state index in [0.29, 0.717) is 12.3 Å². The highest BCUT2D eigenvalue weighted by Crippen LogP contribution is 2.37. The van der Waals surface area contributed by atoms with E-state index in [1.807, 2.05) is 48.5 Å². The molecule has 0 bridgehead atoms. The van der Waals surface area contributed by atoms with Crippen molar-refractivity contribution < 1.29 is 19.2 Å². The minimum Gasteiger partial charge on any atom is -0.497 e. The molecule has 1 aromatic heterocycles. The lowest BCUT2D eigenvalue weighted by molar-refractivity contribution is -0.384. The highest BCUT2D eigenvalue weighted by atomic mass is 35.5. The van der Waals surface area contributed by atoms with E-state index in [1.165, 1.54) is 30.0 Å². The summed E-state index contributed by atoms with van der Waals surface area (Å²) in [6, 6.07) is 19.5. The number of ether oxygens (including phenoxy) is 2. The van der Waals surface area contributed by atoms with Crippen LogP contribution in [0.5, 0.6) is 11.5 Å². The molecule has 0 saturated carbocycles. The van der Waals surface area contributed by atoms with Gasteiger partial charge >= 0.3 is 0 Å². The molecule has 0 radical (unpaired) electrons. The zero-order valence-corrected chi connectivity index (χ0v) is 23.9. The number of rotatable bonds is 12. The molecular formula is C29H29ClN4O5S. The topological polar surface area (TPSA) is 109 Å². The molecule has 0 fully saturated rings. The number of benzene rings is 3. The fourth-order valence-electron chi connectivity index (χ4n) is 4.17. The number of imidazole rings is 1. The number of amides is 1. The van der Waals surface area contributed by atoms with Crippen LogP contribution in [0.2, 0.25) is 5.02 Å². The summed E-state index contributed by atoms with van der Waals surface area (Å²) >= 11 is 7.65. The van der Waals surface area contributed by atoms with Crippen molar-refractivity contribution in [1.29, 1.82) is 0 Å². The van der Waals surface area contributed by atoms with Gasteiger partial charge < -0.3 is 19.4 Å². The molecule has 40 heavy (non-hydrogen) atoms.